The second-order valence-electron chi connectivity index (χ2n) is 8.63. The van der Waals surface area contributed by atoms with Crippen LogP contribution in [0.5, 0.6) is 0 Å². The van der Waals surface area contributed by atoms with Crippen LogP contribution in [0.15, 0.2) is 90.5 Å². The Bertz CT molecular complexity index is 1880. The summed E-state index contributed by atoms with van der Waals surface area (Å²) in [4.78, 5) is 13.9. The van der Waals surface area contributed by atoms with E-state index in [1.165, 1.54) is 0 Å². The van der Waals surface area contributed by atoms with Gasteiger partial charge in [-0.1, -0.05) is 92.7 Å². The summed E-state index contributed by atoms with van der Waals surface area (Å²) in [5, 5.41) is 23.7. The van der Waals surface area contributed by atoms with E-state index in [-0.39, 0.29) is 11.4 Å². The van der Waals surface area contributed by atoms with Gasteiger partial charge >= 0.3 is 0 Å². The van der Waals surface area contributed by atoms with Crippen molar-refractivity contribution in [3.8, 4) is 34.4 Å². The van der Waals surface area contributed by atoms with Gasteiger partial charge in [-0.25, -0.2) is 0 Å². The van der Waals surface area contributed by atoms with Gasteiger partial charge in [0.25, 0.3) is 0 Å². The molecule has 0 amide bonds. The number of carbonyl (C=O) groups excluding carboxylic acids is 1. The molecule has 0 N–H and O–H groups in total. The van der Waals surface area contributed by atoms with E-state index in [0.717, 1.165) is 54.9 Å². The lowest BCUT2D eigenvalue weighted by Crippen LogP contribution is -1.99. The van der Waals surface area contributed by atoms with Gasteiger partial charge in [0.05, 0.1) is 0 Å². The third-order valence-corrected chi connectivity index (χ3v) is 7.07. The average Bonchev–Trinajstić information content (AvgIpc) is 3.43. The molecule has 0 spiro atoms. The summed E-state index contributed by atoms with van der Waals surface area (Å²) in [5.74, 6) is -0.0109. The largest absolute Gasteiger partial charge is 0.289 e. The van der Waals surface area contributed by atoms with Gasteiger partial charge in [-0.3, -0.25) is 4.79 Å². The number of carbonyl (C=O) groups is 1. The van der Waals surface area contributed by atoms with Crippen LogP contribution in [0.2, 0.25) is 0 Å². The molecule has 5 aromatic carbocycles. The second kappa shape index (κ2) is 8.05. The lowest BCUT2D eigenvalue weighted by Gasteiger charge is -2.11. The summed E-state index contributed by atoms with van der Waals surface area (Å²) >= 11 is 0. The monoisotopic (exact) mass is 460 g/mol. The Labute approximate surface area is 209 Å². The second-order valence-corrected chi connectivity index (χ2v) is 8.63. The lowest BCUT2D eigenvalue weighted by molar-refractivity contribution is 0.104. The number of hydrogen-bond acceptors (Lipinski definition) is 3. The fraction of sp³-hybridized carbons (Fsp3) is 0.0606. The van der Waals surface area contributed by atoms with Crippen LogP contribution in [0.1, 0.15) is 40.9 Å². The molecule has 0 bridgehead atoms. The third kappa shape index (κ3) is 2.69. The molecule has 0 saturated heterocycles. The highest BCUT2D eigenvalue weighted by molar-refractivity contribution is 6.31. The molecular formula is C33H20N2O. The van der Waals surface area contributed by atoms with E-state index < -0.39 is 0 Å². The molecule has 36 heavy (non-hydrogen) atoms. The zero-order chi connectivity index (χ0) is 25.0. The molecule has 5 aromatic rings. The van der Waals surface area contributed by atoms with Crippen molar-refractivity contribution in [2.45, 2.75) is 13.8 Å². The van der Waals surface area contributed by atoms with E-state index in [1.807, 2.05) is 86.6 Å². The number of benzene rings is 5. The predicted molar refractivity (Wildman–Crippen MR) is 144 cm³/mol. The first-order valence-corrected chi connectivity index (χ1v) is 12.0. The SMILES string of the molecule is CC.N#CC(C#N)=C1c2ccc3c(c2-c2c1ccc1ccccc21)C(=O)c1ccc2ccccc2c1-3. The van der Waals surface area contributed by atoms with E-state index >= 15 is 0 Å². The molecule has 0 saturated carbocycles. The summed E-state index contributed by atoms with van der Waals surface area (Å²) in [5.41, 5.74) is 7.24. The van der Waals surface area contributed by atoms with Gasteiger partial charge in [0.15, 0.2) is 5.78 Å². The minimum Gasteiger partial charge on any atom is -0.289 e. The smallest absolute Gasteiger partial charge is 0.194 e. The first-order valence-electron chi connectivity index (χ1n) is 12.0. The maximum atomic E-state index is 13.9. The van der Waals surface area contributed by atoms with E-state index in [0.29, 0.717) is 16.7 Å². The number of nitriles is 2. The van der Waals surface area contributed by atoms with Gasteiger partial charge < -0.3 is 0 Å². The lowest BCUT2D eigenvalue weighted by atomic mass is 9.91. The van der Waals surface area contributed by atoms with Crippen LogP contribution in [0.3, 0.4) is 0 Å². The molecule has 7 rings (SSSR count). The predicted octanol–water partition coefficient (Wildman–Crippen LogP) is 8.06. The van der Waals surface area contributed by atoms with Crippen LogP contribution in [-0.2, 0) is 0 Å². The van der Waals surface area contributed by atoms with Crippen LogP contribution in [-0.4, -0.2) is 5.78 Å². The Morgan fingerprint density at radius 2 is 1.06 bits per heavy atom. The number of hydrogen-bond donors (Lipinski definition) is 0. The quantitative estimate of drug-likeness (QED) is 0.215. The maximum absolute atomic E-state index is 13.9. The normalized spacial score (nSPS) is 12.1. The molecular weight excluding hydrogens is 440 g/mol. The van der Waals surface area contributed by atoms with Crippen LogP contribution in [0, 0.1) is 22.7 Å². The Hall–Kier alpha value is -4.99. The summed E-state index contributed by atoms with van der Waals surface area (Å²) < 4.78 is 0. The molecule has 0 radical (unpaired) electrons. The fourth-order valence-electron chi connectivity index (χ4n) is 5.70. The van der Waals surface area contributed by atoms with E-state index in [2.05, 4.69) is 24.3 Å². The van der Waals surface area contributed by atoms with Gasteiger partial charge in [-0.15, -0.1) is 0 Å². The summed E-state index contributed by atoms with van der Waals surface area (Å²) in [6, 6.07) is 32.1. The van der Waals surface area contributed by atoms with Crippen molar-refractivity contribution in [2.24, 2.45) is 0 Å². The van der Waals surface area contributed by atoms with Crippen LogP contribution in [0.25, 0.3) is 49.4 Å². The van der Waals surface area contributed by atoms with Crippen molar-refractivity contribution in [1.82, 2.24) is 0 Å². The first-order chi connectivity index (χ1) is 17.7. The molecule has 3 nitrogen and oxygen atoms in total. The summed E-state index contributed by atoms with van der Waals surface area (Å²) in [6.45, 7) is 4.00. The maximum Gasteiger partial charge on any atom is 0.194 e. The topological polar surface area (TPSA) is 64.7 Å². The van der Waals surface area contributed by atoms with Crippen molar-refractivity contribution in [1.29, 1.82) is 10.5 Å². The number of rotatable bonds is 0. The minimum atomic E-state index is -0.0109. The van der Waals surface area contributed by atoms with Crippen molar-refractivity contribution in [3.05, 3.63) is 113 Å². The highest BCUT2D eigenvalue weighted by Crippen LogP contribution is 2.54. The minimum absolute atomic E-state index is 0.0109. The molecule has 0 atom stereocenters. The molecule has 0 aromatic heterocycles. The Kier molecular flexibility index (Phi) is 4.82. The van der Waals surface area contributed by atoms with Gasteiger partial charge in [0.1, 0.15) is 17.7 Å². The Morgan fingerprint density at radius 1 is 0.556 bits per heavy atom. The number of ketones is 1. The van der Waals surface area contributed by atoms with Gasteiger partial charge in [0.2, 0.25) is 0 Å². The Balaban J connectivity index is 0.00000117. The van der Waals surface area contributed by atoms with E-state index in [1.54, 1.807) is 0 Å². The molecule has 0 aliphatic heterocycles. The Morgan fingerprint density at radius 3 is 1.69 bits per heavy atom. The summed E-state index contributed by atoms with van der Waals surface area (Å²) in [7, 11) is 0. The standard InChI is InChI=1S/C31H14N2O.C2H6/c32-15-19(16-33)26-22-11-9-18-6-2-4-8-21(18)28(22)29-23(26)13-14-24-27-20-7-3-1-5-17(20)10-12-25(27)31(34)30(24)29;1-2/h1-14H;1-2H3. The van der Waals surface area contributed by atoms with Crippen molar-refractivity contribution in [3.63, 3.8) is 0 Å². The van der Waals surface area contributed by atoms with Crippen LogP contribution in [0.4, 0.5) is 0 Å². The van der Waals surface area contributed by atoms with Crippen molar-refractivity contribution < 1.29 is 4.79 Å². The van der Waals surface area contributed by atoms with E-state index in [9.17, 15) is 15.3 Å². The zero-order valence-electron chi connectivity index (χ0n) is 19.9. The molecule has 168 valence electrons. The zero-order valence-corrected chi connectivity index (χ0v) is 19.9. The molecule has 3 heteroatoms. The van der Waals surface area contributed by atoms with Crippen molar-refractivity contribution in [2.75, 3.05) is 0 Å². The molecule has 0 unspecified atom stereocenters. The molecule has 0 fully saturated rings. The van der Waals surface area contributed by atoms with Crippen LogP contribution >= 0.6 is 0 Å². The third-order valence-electron chi connectivity index (χ3n) is 7.07. The van der Waals surface area contributed by atoms with Gasteiger partial charge in [0, 0.05) is 27.8 Å². The molecule has 2 aliphatic carbocycles. The first kappa shape index (κ1) is 21.5. The van der Waals surface area contributed by atoms with Gasteiger partial charge in [-0.2, -0.15) is 10.5 Å². The number of nitrogens with zero attached hydrogens (tertiary/aromatic N) is 2. The van der Waals surface area contributed by atoms with E-state index in [4.69, 9.17) is 0 Å². The fourth-order valence-corrected chi connectivity index (χ4v) is 5.70. The molecule has 2 aliphatic rings. The molecule has 0 heterocycles. The highest BCUT2D eigenvalue weighted by atomic mass is 16.1. The number of fused-ring (bicyclic) bond motifs is 11. The average molecular weight is 461 g/mol. The highest BCUT2D eigenvalue weighted by Gasteiger charge is 2.38. The number of allylic oxidation sites excluding steroid dienone is 1. The van der Waals surface area contributed by atoms with Gasteiger partial charge in [-0.05, 0) is 49.9 Å². The van der Waals surface area contributed by atoms with Crippen molar-refractivity contribution >= 4 is 32.9 Å². The van der Waals surface area contributed by atoms with Crippen LogP contribution < -0.4 is 0 Å². The summed E-state index contributed by atoms with van der Waals surface area (Å²) in [6.07, 6.45) is 0.